The van der Waals surface area contributed by atoms with E-state index in [1.54, 1.807) is 6.20 Å². The average Bonchev–Trinajstić information content (AvgIpc) is 3.24. The number of alkyl halides is 2. The normalized spacial score (nSPS) is 19.3. The Bertz CT molecular complexity index is 1390. The van der Waals surface area contributed by atoms with Gasteiger partial charge >= 0.3 is 0 Å². The second-order valence-electron chi connectivity index (χ2n) is 8.24. The molecule has 2 aliphatic rings. The first-order valence-corrected chi connectivity index (χ1v) is 10.3. The number of fused-ring (bicyclic) bond motifs is 2. The van der Waals surface area contributed by atoms with Crippen LogP contribution in [0.15, 0.2) is 35.1 Å². The third kappa shape index (κ3) is 3.04. The Balaban J connectivity index is 1.46. The van der Waals surface area contributed by atoms with Gasteiger partial charge in [0.05, 0.1) is 17.7 Å². The molecule has 0 radical (unpaired) electrons. The number of amides is 1. The lowest BCUT2D eigenvalue weighted by atomic mass is 9.99. The van der Waals surface area contributed by atoms with Gasteiger partial charge in [0.25, 0.3) is 12.3 Å². The van der Waals surface area contributed by atoms with Crippen molar-refractivity contribution < 1.29 is 27.5 Å². The predicted molar refractivity (Wildman–Crippen MR) is 105 cm³/mol. The molecule has 33 heavy (non-hydrogen) atoms. The topological polar surface area (TPSA) is 113 Å². The number of nitrogens with zero attached hydrogens (tertiary/aromatic N) is 5. The Labute approximate surface area is 183 Å². The van der Waals surface area contributed by atoms with Gasteiger partial charge in [0.1, 0.15) is 23.0 Å². The fourth-order valence-corrected chi connectivity index (χ4v) is 4.22. The van der Waals surface area contributed by atoms with E-state index < -0.39 is 41.2 Å². The van der Waals surface area contributed by atoms with Crippen LogP contribution < -0.4 is 0 Å². The molecule has 2 N–H and O–H groups in total. The van der Waals surface area contributed by atoms with Gasteiger partial charge in [-0.25, -0.2) is 27.7 Å². The van der Waals surface area contributed by atoms with E-state index in [1.165, 1.54) is 33.9 Å². The van der Waals surface area contributed by atoms with Crippen LogP contribution in [0, 0.1) is 5.82 Å². The van der Waals surface area contributed by atoms with Crippen LogP contribution in [-0.2, 0) is 12.0 Å². The molecule has 1 aliphatic heterocycles. The summed E-state index contributed by atoms with van der Waals surface area (Å²) < 4.78 is 48.5. The van der Waals surface area contributed by atoms with Gasteiger partial charge in [-0.1, -0.05) is 0 Å². The van der Waals surface area contributed by atoms with Gasteiger partial charge in [0.15, 0.2) is 5.69 Å². The van der Waals surface area contributed by atoms with Crippen LogP contribution in [0.1, 0.15) is 64.5 Å². The monoisotopic (exact) mass is 458 g/mol. The molecule has 1 fully saturated rings. The van der Waals surface area contributed by atoms with Gasteiger partial charge in [0.2, 0.25) is 11.7 Å². The van der Waals surface area contributed by atoms with Crippen molar-refractivity contribution in [2.45, 2.75) is 37.3 Å². The predicted octanol–water partition coefficient (Wildman–Crippen LogP) is 2.89. The van der Waals surface area contributed by atoms with Crippen molar-refractivity contribution in [3.05, 3.63) is 71.0 Å². The molecule has 1 amide bonds. The van der Waals surface area contributed by atoms with Gasteiger partial charge in [-0.15, -0.1) is 0 Å². The van der Waals surface area contributed by atoms with Crippen molar-refractivity contribution in [1.29, 1.82) is 0 Å². The lowest BCUT2D eigenvalue weighted by molar-refractivity contribution is 0.0624. The molecule has 1 aliphatic carbocycles. The summed E-state index contributed by atoms with van der Waals surface area (Å²) >= 11 is 0. The summed E-state index contributed by atoms with van der Waals surface area (Å²) in [5.41, 5.74) is -0.464. The Morgan fingerprint density at radius 1 is 1.36 bits per heavy atom. The van der Waals surface area contributed by atoms with Crippen molar-refractivity contribution >= 4 is 11.4 Å². The highest BCUT2D eigenvalue weighted by molar-refractivity contribution is 5.93. The minimum atomic E-state index is -3.07. The molecule has 4 aromatic heterocycles. The Morgan fingerprint density at radius 2 is 2.18 bits per heavy atom. The fourth-order valence-electron chi connectivity index (χ4n) is 4.22. The summed E-state index contributed by atoms with van der Waals surface area (Å²) in [6, 6.07) is 3.42. The summed E-state index contributed by atoms with van der Waals surface area (Å²) in [6.07, 6.45) is 1.00. The molecular weight excluding hydrogens is 441 g/mol. The molecule has 170 valence electrons. The maximum absolute atomic E-state index is 14.3. The maximum atomic E-state index is 14.3. The van der Waals surface area contributed by atoms with Crippen molar-refractivity contribution in [2.24, 2.45) is 0 Å². The number of rotatable bonds is 4. The number of carbonyl (C=O) groups excluding carboxylic acids is 1. The first kappa shape index (κ1) is 20.0. The highest BCUT2D eigenvalue weighted by atomic mass is 19.3. The molecule has 0 spiro atoms. The number of hydrogen-bond donors (Lipinski definition) is 2. The molecule has 0 bridgehead atoms. The van der Waals surface area contributed by atoms with Crippen LogP contribution in [0.4, 0.5) is 13.2 Å². The van der Waals surface area contributed by atoms with E-state index in [4.69, 9.17) is 4.42 Å². The summed E-state index contributed by atoms with van der Waals surface area (Å²) in [5.74, 6) is -2.24. The van der Waals surface area contributed by atoms with Gasteiger partial charge in [-0.2, -0.15) is 5.10 Å². The van der Waals surface area contributed by atoms with Gasteiger partial charge in [0, 0.05) is 24.9 Å². The lowest BCUT2D eigenvalue weighted by Gasteiger charge is -2.33. The summed E-state index contributed by atoms with van der Waals surface area (Å²) in [5, 5.41) is 14.7. The molecule has 0 saturated heterocycles. The number of H-pyrrole nitrogens is 1. The zero-order valence-electron chi connectivity index (χ0n) is 17.0. The SMILES string of the molecule is O=C(c1oc(C2(O)CC2)nc1C(F)F)N1CCc2[nH]cnc2C1c1cc2c(F)cccn2n1. The van der Waals surface area contributed by atoms with Crippen LogP contribution in [0.5, 0.6) is 0 Å². The highest BCUT2D eigenvalue weighted by Crippen LogP contribution is 2.46. The summed E-state index contributed by atoms with van der Waals surface area (Å²) in [6.45, 7) is 0.151. The quantitative estimate of drug-likeness (QED) is 0.486. The minimum Gasteiger partial charge on any atom is -0.432 e. The van der Waals surface area contributed by atoms with E-state index in [-0.39, 0.29) is 18.0 Å². The summed E-state index contributed by atoms with van der Waals surface area (Å²) in [4.78, 5) is 25.9. The standard InChI is InChI=1S/C21H17F3N6O3/c22-10-2-1-6-30-13(10)8-12(28-30)16-14-11(25-9-26-14)3-7-29(16)19(31)17-15(18(23)24)27-20(33-17)21(32)4-5-21/h1-2,6,8-9,16,18,32H,3-5,7H2,(H,25,26). The molecule has 0 aromatic carbocycles. The molecule has 1 saturated carbocycles. The number of oxazole rings is 1. The van der Waals surface area contributed by atoms with E-state index >= 15 is 0 Å². The van der Waals surface area contributed by atoms with Crippen molar-refractivity contribution in [3.8, 4) is 0 Å². The second kappa shape index (κ2) is 6.91. The molecule has 9 nitrogen and oxygen atoms in total. The smallest absolute Gasteiger partial charge is 0.292 e. The first-order chi connectivity index (χ1) is 15.9. The van der Waals surface area contributed by atoms with Crippen molar-refractivity contribution in [1.82, 2.24) is 29.5 Å². The largest absolute Gasteiger partial charge is 0.432 e. The van der Waals surface area contributed by atoms with Crippen molar-refractivity contribution in [2.75, 3.05) is 6.54 Å². The van der Waals surface area contributed by atoms with E-state index in [0.29, 0.717) is 30.7 Å². The molecule has 1 atom stereocenters. The van der Waals surface area contributed by atoms with E-state index in [9.17, 15) is 23.1 Å². The van der Waals surface area contributed by atoms with Gasteiger partial charge in [-0.05, 0) is 31.0 Å². The Hall–Kier alpha value is -3.67. The molecule has 5 heterocycles. The molecule has 1 unspecified atom stereocenters. The molecule has 6 rings (SSSR count). The number of hydrogen-bond acceptors (Lipinski definition) is 6. The van der Waals surface area contributed by atoms with Crippen LogP contribution in [0.3, 0.4) is 0 Å². The Morgan fingerprint density at radius 3 is 2.91 bits per heavy atom. The molecule has 12 heteroatoms. The first-order valence-electron chi connectivity index (χ1n) is 10.3. The molecular formula is C21H17F3N6O3. The average molecular weight is 458 g/mol. The maximum Gasteiger partial charge on any atom is 0.292 e. The zero-order valence-corrected chi connectivity index (χ0v) is 17.0. The third-order valence-electron chi connectivity index (χ3n) is 6.11. The van der Waals surface area contributed by atoms with E-state index in [2.05, 4.69) is 20.1 Å². The zero-order chi connectivity index (χ0) is 22.9. The fraction of sp³-hybridized carbons (Fsp3) is 0.333. The minimum absolute atomic E-state index is 0.151. The number of aromatic amines is 1. The Kier molecular flexibility index (Phi) is 4.18. The van der Waals surface area contributed by atoms with Crippen LogP contribution >= 0.6 is 0 Å². The van der Waals surface area contributed by atoms with E-state index in [0.717, 1.165) is 5.69 Å². The number of pyridine rings is 1. The number of aromatic nitrogens is 5. The second-order valence-corrected chi connectivity index (χ2v) is 8.24. The van der Waals surface area contributed by atoms with Crippen molar-refractivity contribution in [3.63, 3.8) is 0 Å². The van der Waals surface area contributed by atoms with Gasteiger partial charge in [-0.3, -0.25) is 4.79 Å². The number of aliphatic hydroxyl groups is 1. The number of carbonyl (C=O) groups is 1. The number of halogens is 3. The summed E-state index contributed by atoms with van der Waals surface area (Å²) in [7, 11) is 0. The third-order valence-corrected chi connectivity index (χ3v) is 6.11. The number of nitrogens with one attached hydrogen (secondary N) is 1. The van der Waals surface area contributed by atoms with Crippen LogP contribution in [-0.4, -0.2) is 47.0 Å². The van der Waals surface area contributed by atoms with E-state index in [1.807, 2.05) is 0 Å². The highest BCUT2D eigenvalue weighted by Gasteiger charge is 2.49. The number of imidazole rings is 1. The van der Waals surface area contributed by atoms with Crippen LogP contribution in [0.25, 0.3) is 5.52 Å². The lowest BCUT2D eigenvalue weighted by Crippen LogP contribution is -2.41. The molecule has 4 aromatic rings. The van der Waals surface area contributed by atoms with Gasteiger partial charge < -0.3 is 19.4 Å². The van der Waals surface area contributed by atoms with Crippen LogP contribution in [0.2, 0.25) is 0 Å².